The summed E-state index contributed by atoms with van der Waals surface area (Å²) in [6, 6.07) is 19.9. The number of rotatable bonds is 5. The van der Waals surface area contributed by atoms with Crippen LogP contribution in [0.4, 0.5) is 0 Å². The van der Waals surface area contributed by atoms with Crippen molar-refractivity contribution < 1.29 is 4.74 Å². The summed E-state index contributed by atoms with van der Waals surface area (Å²) in [6.07, 6.45) is 2.37. The minimum Gasteiger partial charge on any atom is -0.485 e. The van der Waals surface area contributed by atoms with Gasteiger partial charge in [-0.1, -0.05) is 76.2 Å². The Morgan fingerprint density at radius 1 is 0.889 bits per heavy atom. The quantitative estimate of drug-likeness (QED) is 0.360. The largest absolute Gasteiger partial charge is 0.485 e. The van der Waals surface area contributed by atoms with E-state index in [2.05, 4.69) is 89.2 Å². The summed E-state index contributed by atoms with van der Waals surface area (Å²) in [4.78, 5) is 0. The fraction of sp³-hybridized carbons (Fsp3) is 0.385. The molecule has 0 amide bonds. The van der Waals surface area contributed by atoms with Crippen molar-refractivity contribution >= 4 is 10.8 Å². The van der Waals surface area contributed by atoms with Crippen LogP contribution in [0, 0.1) is 5.41 Å². The van der Waals surface area contributed by atoms with E-state index in [9.17, 15) is 0 Å². The maximum atomic E-state index is 6.43. The standard InChI is InChI=1S/C26H30O/c1-17(16-26(3,4)5)22-8-6-10-24-23(22)9-7-11-25(24)27-18(2)19-12-13-20-15-21(20)14-19/h6-14,17-18H,15-16H2,1-5H3. The van der Waals surface area contributed by atoms with Crippen LogP contribution in [-0.4, -0.2) is 0 Å². The summed E-state index contributed by atoms with van der Waals surface area (Å²) >= 11 is 0. The van der Waals surface area contributed by atoms with Crippen molar-refractivity contribution in [2.75, 3.05) is 0 Å². The lowest BCUT2D eigenvalue weighted by Crippen LogP contribution is -2.10. The van der Waals surface area contributed by atoms with E-state index >= 15 is 0 Å². The summed E-state index contributed by atoms with van der Waals surface area (Å²) in [5.74, 6) is 1.50. The number of ether oxygens (including phenoxy) is 1. The third-order valence-electron chi connectivity index (χ3n) is 5.62. The van der Waals surface area contributed by atoms with Crippen LogP contribution in [0.1, 0.15) is 75.3 Å². The molecule has 0 saturated heterocycles. The molecule has 0 fully saturated rings. The maximum absolute atomic E-state index is 6.43. The lowest BCUT2D eigenvalue weighted by molar-refractivity contribution is 0.230. The van der Waals surface area contributed by atoms with Gasteiger partial charge < -0.3 is 4.74 Å². The van der Waals surface area contributed by atoms with Gasteiger partial charge in [0.2, 0.25) is 0 Å². The van der Waals surface area contributed by atoms with Crippen LogP contribution in [0.3, 0.4) is 0 Å². The zero-order valence-corrected chi connectivity index (χ0v) is 17.2. The SMILES string of the molecule is CC(CC(C)(C)C)c1cccc2c(OC(C)c3ccc4c(c3)C4)cccc12. The molecule has 0 heterocycles. The summed E-state index contributed by atoms with van der Waals surface area (Å²) in [5, 5.41) is 2.54. The molecule has 0 radical (unpaired) electrons. The van der Waals surface area contributed by atoms with Gasteiger partial charge in [0.1, 0.15) is 11.9 Å². The van der Waals surface area contributed by atoms with Crippen LogP contribution < -0.4 is 4.74 Å². The first-order valence-corrected chi connectivity index (χ1v) is 10.1. The van der Waals surface area contributed by atoms with Crippen LogP contribution in [-0.2, 0) is 6.42 Å². The van der Waals surface area contributed by atoms with Gasteiger partial charge in [0, 0.05) is 5.39 Å². The molecule has 4 rings (SSSR count). The van der Waals surface area contributed by atoms with Gasteiger partial charge in [0.15, 0.2) is 0 Å². The predicted molar refractivity (Wildman–Crippen MR) is 115 cm³/mol. The fourth-order valence-corrected chi connectivity index (χ4v) is 4.29. The summed E-state index contributed by atoms with van der Waals surface area (Å²) in [5.41, 5.74) is 5.96. The van der Waals surface area contributed by atoms with E-state index in [1.807, 2.05) is 0 Å². The van der Waals surface area contributed by atoms with E-state index < -0.39 is 0 Å². The highest BCUT2D eigenvalue weighted by Gasteiger charge is 2.21. The summed E-state index contributed by atoms with van der Waals surface area (Å²) < 4.78 is 6.43. The molecule has 1 aliphatic rings. The van der Waals surface area contributed by atoms with Gasteiger partial charge in [-0.15, -0.1) is 0 Å². The molecule has 2 atom stereocenters. The van der Waals surface area contributed by atoms with Crippen LogP contribution in [0.25, 0.3) is 10.8 Å². The molecule has 140 valence electrons. The monoisotopic (exact) mass is 358 g/mol. The van der Waals surface area contributed by atoms with Gasteiger partial charge in [-0.05, 0) is 64.8 Å². The zero-order valence-electron chi connectivity index (χ0n) is 17.2. The third-order valence-corrected chi connectivity index (χ3v) is 5.62. The lowest BCUT2D eigenvalue weighted by atomic mass is 9.81. The molecule has 3 aromatic rings. The van der Waals surface area contributed by atoms with Gasteiger partial charge in [-0.3, -0.25) is 0 Å². The number of fused-ring (bicyclic) bond motifs is 2. The molecule has 1 nitrogen and oxygen atoms in total. The van der Waals surface area contributed by atoms with Gasteiger partial charge in [-0.2, -0.15) is 0 Å². The first kappa shape index (κ1) is 18.1. The van der Waals surface area contributed by atoms with Crippen molar-refractivity contribution in [3.05, 3.63) is 76.9 Å². The van der Waals surface area contributed by atoms with Crippen molar-refractivity contribution in [2.45, 2.75) is 59.5 Å². The normalized spacial score (nSPS) is 15.3. The Bertz CT molecular complexity index is 977. The second-order valence-corrected chi connectivity index (χ2v) is 9.33. The molecule has 0 bridgehead atoms. The smallest absolute Gasteiger partial charge is 0.128 e. The second-order valence-electron chi connectivity index (χ2n) is 9.33. The summed E-state index contributed by atoms with van der Waals surface area (Å²) in [6.45, 7) is 11.4. The molecular weight excluding hydrogens is 328 g/mol. The van der Waals surface area contributed by atoms with Crippen LogP contribution in [0.2, 0.25) is 0 Å². The molecule has 1 aliphatic carbocycles. The molecule has 0 spiro atoms. The van der Waals surface area contributed by atoms with E-state index in [0.29, 0.717) is 11.3 Å². The molecule has 0 aromatic heterocycles. The molecule has 0 aliphatic heterocycles. The van der Waals surface area contributed by atoms with Gasteiger partial charge in [-0.25, -0.2) is 0 Å². The van der Waals surface area contributed by atoms with Crippen molar-refractivity contribution in [1.29, 1.82) is 0 Å². The molecule has 2 unspecified atom stereocenters. The van der Waals surface area contributed by atoms with Crippen LogP contribution >= 0.6 is 0 Å². The van der Waals surface area contributed by atoms with Gasteiger partial charge >= 0.3 is 0 Å². The number of hydrogen-bond donors (Lipinski definition) is 0. The first-order chi connectivity index (χ1) is 12.8. The van der Waals surface area contributed by atoms with E-state index in [-0.39, 0.29) is 6.10 Å². The highest BCUT2D eigenvalue weighted by molar-refractivity contribution is 5.91. The van der Waals surface area contributed by atoms with Crippen molar-refractivity contribution in [2.24, 2.45) is 5.41 Å². The number of benzene rings is 3. The molecule has 0 N–H and O–H groups in total. The van der Waals surface area contributed by atoms with E-state index in [4.69, 9.17) is 4.74 Å². The predicted octanol–water partition coefficient (Wildman–Crippen LogP) is 7.42. The molecule has 0 saturated carbocycles. The molecular formula is C26H30O. The number of hydrogen-bond acceptors (Lipinski definition) is 1. The average molecular weight is 359 g/mol. The Kier molecular flexibility index (Phi) is 4.50. The highest BCUT2D eigenvalue weighted by Crippen LogP contribution is 2.38. The molecule has 1 heteroatoms. The maximum Gasteiger partial charge on any atom is 0.128 e. The highest BCUT2D eigenvalue weighted by atomic mass is 16.5. The first-order valence-electron chi connectivity index (χ1n) is 10.1. The second kappa shape index (κ2) is 6.71. The zero-order chi connectivity index (χ0) is 19.2. The third kappa shape index (κ3) is 3.88. The van der Waals surface area contributed by atoms with E-state index in [1.54, 1.807) is 0 Å². The van der Waals surface area contributed by atoms with Gasteiger partial charge in [0.05, 0.1) is 0 Å². The Labute approximate surface area is 163 Å². The van der Waals surface area contributed by atoms with E-state index in [0.717, 1.165) is 12.2 Å². The minimum atomic E-state index is 0.0529. The minimum absolute atomic E-state index is 0.0529. The van der Waals surface area contributed by atoms with Gasteiger partial charge in [0.25, 0.3) is 0 Å². The van der Waals surface area contributed by atoms with Crippen molar-refractivity contribution in [1.82, 2.24) is 0 Å². The van der Waals surface area contributed by atoms with Crippen molar-refractivity contribution in [3.8, 4) is 5.75 Å². The fourth-order valence-electron chi connectivity index (χ4n) is 4.29. The van der Waals surface area contributed by atoms with Crippen LogP contribution in [0.15, 0.2) is 54.6 Å². The lowest BCUT2D eigenvalue weighted by Gasteiger charge is -2.25. The Morgan fingerprint density at radius 2 is 1.63 bits per heavy atom. The summed E-state index contributed by atoms with van der Waals surface area (Å²) in [7, 11) is 0. The Balaban J connectivity index is 1.65. The Hall–Kier alpha value is -2.28. The average Bonchev–Trinajstić information content (AvgIpc) is 3.38. The Morgan fingerprint density at radius 3 is 2.37 bits per heavy atom. The van der Waals surface area contributed by atoms with E-state index in [1.165, 1.54) is 39.4 Å². The van der Waals surface area contributed by atoms with Crippen molar-refractivity contribution in [3.63, 3.8) is 0 Å². The van der Waals surface area contributed by atoms with Crippen LogP contribution in [0.5, 0.6) is 5.75 Å². The topological polar surface area (TPSA) is 9.23 Å². The molecule has 27 heavy (non-hydrogen) atoms. The molecule has 3 aromatic carbocycles.